The molecule has 0 atom stereocenters. The predicted molar refractivity (Wildman–Crippen MR) is 100 cm³/mol. The minimum Gasteiger partial charge on any atom is -0.508 e. The molecule has 4 rings (SSSR count). The van der Waals surface area contributed by atoms with Crippen molar-refractivity contribution in [1.29, 1.82) is 0 Å². The van der Waals surface area contributed by atoms with Crippen LogP contribution in [-0.2, 0) is 0 Å². The van der Waals surface area contributed by atoms with E-state index in [9.17, 15) is 9.90 Å². The Morgan fingerprint density at radius 1 is 1.12 bits per heavy atom. The van der Waals surface area contributed by atoms with Gasteiger partial charge in [0.2, 0.25) is 0 Å². The second kappa shape index (κ2) is 7.40. The summed E-state index contributed by atoms with van der Waals surface area (Å²) in [6.07, 6.45) is 8.35. The number of amides is 2. The van der Waals surface area contributed by atoms with E-state index in [1.54, 1.807) is 12.3 Å². The lowest BCUT2D eigenvalue weighted by Gasteiger charge is -2.32. The second-order valence-electron chi connectivity index (χ2n) is 7.39. The van der Waals surface area contributed by atoms with E-state index < -0.39 is 0 Å². The van der Waals surface area contributed by atoms with Gasteiger partial charge in [0.25, 0.3) is 0 Å². The molecule has 2 heterocycles. The van der Waals surface area contributed by atoms with E-state index in [0.29, 0.717) is 17.7 Å². The van der Waals surface area contributed by atoms with Crippen molar-refractivity contribution in [2.75, 3.05) is 18.4 Å². The maximum atomic E-state index is 12.7. The molecule has 2 fully saturated rings. The Bertz CT molecular complexity index is 759. The molecule has 1 aromatic carbocycles. The number of carbonyl (C=O) groups excluding carboxylic acids is 1. The van der Waals surface area contributed by atoms with Gasteiger partial charge in [0.1, 0.15) is 11.6 Å². The SMILES string of the molecule is O=C(Nc1ccnn1C1CCCC1)N1CCC(c2cccc(O)c2)CC1. The molecule has 2 aromatic rings. The van der Waals surface area contributed by atoms with Crippen LogP contribution in [0, 0.1) is 0 Å². The van der Waals surface area contributed by atoms with Gasteiger partial charge in [-0.05, 0) is 49.3 Å². The number of phenols is 1. The average Bonchev–Trinajstić information content (AvgIpc) is 3.33. The first-order chi connectivity index (χ1) is 12.7. The van der Waals surface area contributed by atoms with Crippen LogP contribution in [0.25, 0.3) is 0 Å². The first-order valence-electron chi connectivity index (χ1n) is 9.59. The molecule has 0 bridgehead atoms. The van der Waals surface area contributed by atoms with E-state index in [4.69, 9.17) is 0 Å². The summed E-state index contributed by atoms with van der Waals surface area (Å²) in [6.45, 7) is 1.45. The van der Waals surface area contributed by atoms with Crippen LogP contribution in [0.15, 0.2) is 36.5 Å². The Morgan fingerprint density at radius 2 is 1.88 bits per heavy atom. The molecule has 2 amide bonds. The van der Waals surface area contributed by atoms with Crippen LogP contribution < -0.4 is 5.32 Å². The smallest absolute Gasteiger partial charge is 0.322 e. The monoisotopic (exact) mass is 354 g/mol. The summed E-state index contributed by atoms with van der Waals surface area (Å²) >= 11 is 0. The fraction of sp³-hybridized carbons (Fsp3) is 0.500. The van der Waals surface area contributed by atoms with E-state index in [-0.39, 0.29) is 6.03 Å². The lowest BCUT2D eigenvalue weighted by atomic mass is 9.89. The second-order valence-corrected chi connectivity index (χ2v) is 7.39. The summed E-state index contributed by atoms with van der Waals surface area (Å²) in [7, 11) is 0. The van der Waals surface area contributed by atoms with E-state index in [2.05, 4.69) is 16.5 Å². The van der Waals surface area contributed by atoms with Gasteiger partial charge in [-0.1, -0.05) is 25.0 Å². The third-order valence-corrected chi connectivity index (χ3v) is 5.70. The number of likely N-dealkylation sites (tertiary alicyclic amines) is 1. The largest absolute Gasteiger partial charge is 0.508 e. The number of nitrogens with zero attached hydrogens (tertiary/aromatic N) is 3. The van der Waals surface area contributed by atoms with Gasteiger partial charge in [0.05, 0.1) is 12.2 Å². The van der Waals surface area contributed by atoms with Gasteiger partial charge in [0.15, 0.2) is 0 Å². The Balaban J connectivity index is 1.35. The van der Waals surface area contributed by atoms with Gasteiger partial charge in [0, 0.05) is 19.2 Å². The minimum atomic E-state index is -0.0425. The number of aromatic nitrogens is 2. The van der Waals surface area contributed by atoms with Crippen molar-refractivity contribution in [2.24, 2.45) is 0 Å². The molecule has 138 valence electrons. The maximum Gasteiger partial charge on any atom is 0.322 e. The highest BCUT2D eigenvalue weighted by Gasteiger charge is 2.26. The Hall–Kier alpha value is -2.50. The third-order valence-electron chi connectivity index (χ3n) is 5.70. The lowest BCUT2D eigenvalue weighted by Crippen LogP contribution is -2.41. The highest BCUT2D eigenvalue weighted by molar-refractivity contribution is 5.88. The first-order valence-corrected chi connectivity index (χ1v) is 9.59. The number of anilines is 1. The predicted octanol–water partition coefficient (Wildman–Crippen LogP) is 4.12. The van der Waals surface area contributed by atoms with E-state index in [1.807, 2.05) is 27.8 Å². The van der Waals surface area contributed by atoms with Crippen molar-refractivity contribution in [2.45, 2.75) is 50.5 Å². The molecule has 2 aliphatic rings. The van der Waals surface area contributed by atoms with Crippen molar-refractivity contribution < 1.29 is 9.90 Å². The van der Waals surface area contributed by atoms with Crippen LogP contribution in [0.3, 0.4) is 0 Å². The number of carbonyl (C=O) groups is 1. The molecule has 0 spiro atoms. The van der Waals surface area contributed by atoms with Gasteiger partial charge >= 0.3 is 6.03 Å². The lowest BCUT2D eigenvalue weighted by molar-refractivity contribution is 0.194. The van der Waals surface area contributed by atoms with Crippen LogP contribution in [0.5, 0.6) is 5.75 Å². The highest BCUT2D eigenvalue weighted by Crippen LogP contribution is 2.32. The zero-order valence-electron chi connectivity index (χ0n) is 15.0. The molecule has 6 heteroatoms. The molecule has 6 nitrogen and oxygen atoms in total. The van der Waals surface area contributed by atoms with Gasteiger partial charge in [-0.2, -0.15) is 5.10 Å². The number of benzene rings is 1. The number of piperidine rings is 1. The van der Waals surface area contributed by atoms with Crippen molar-refractivity contribution >= 4 is 11.8 Å². The van der Waals surface area contributed by atoms with E-state index in [0.717, 1.165) is 50.2 Å². The van der Waals surface area contributed by atoms with Gasteiger partial charge in [-0.25, -0.2) is 9.48 Å². The van der Waals surface area contributed by atoms with Gasteiger partial charge in [-0.15, -0.1) is 0 Å². The quantitative estimate of drug-likeness (QED) is 0.871. The van der Waals surface area contributed by atoms with E-state index in [1.165, 1.54) is 12.8 Å². The normalized spacial score (nSPS) is 19.0. The molecule has 1 saturated carbocycles. The minimum absolute atomic E-state index is 0.0425. The number of rotatable bonds is 3. The molecular weight excluding hydrogens is 328 g/mol. The fourth-order valence-electron chi connectivity index (χ4n) is 4.24. The molecule has 0 unspecified atom stereocenters. The molecule has 1 saturated heterocycles. The summed E-state index contributed by atoms with van der Waals surface area (Å²) in [5, 5.41) is 17.1. The maximum absolute atomic E-state index is 12.7. The molecule has 1 aliphatic carbocycles. The summed E-state index contributed by atoms with van der Waals surface area (Å²) in [4.78, 5) is 14.5. The average molecular weight is 354 g/mol. The first kappa shape index (κ1) is 16.9. The van der Waals surface area contributed by atoms with Crippen LogP contribution in [0.1, 0.15) is 56.0 Å². The Labute approximate surface area is 153 Å². The number of nitrogens with one attached hydrogen (secondary N) is 1. The third kappa shape index (κ3) is 3.54. The molecule has 0 radical (unpaired) electrons. The zero-order valence-corrected chi connectivity index (χ0v) is 15.0. The molecular formula is C20H26N4O2. The number of hydrogen-bond acceptors (Lipinski definition) is 3. The van der Waals surface area contributed by atoms with Crippen LogP contribution >= 0.6 is 0 Å². The van der Waals surface area contributed by atoms with Crippen molar-refractivity contribution in [3.05, 3.63) is 42.1 Å². The topological polar surface area (TPSA) is 70.4 Å². The van der Waals surface area contributed by atoms with E-state index >= 15 is 0 Å². The van der Waals surface area contributed by atoms with Crippen LogP contribution in [-0.4, -0.2) is 38.9 Å². The Morgan fingerprint density at radius 3 is 2.62 bits per heavy atom. The standard InChI is InChI=1S/C20H26N4O2/c25-18-7-3-4-16(14-18)15-9-12-23(13-10-15)20(26)22-19-8-11-21-24(19)17-5-1-2-6-17/h3-4,7-8,11,14-15,17,25H,1-2,5-6,9-10,12-13H2,(H,22,26). The Kier molecular flexibility index (Phi) is 4.82. The molecule has 1 aliphatic heterocycles. The summed E-state index contributed by atoms with van der Waals surface area (Å²) < 4.78 is 1.98. The van der Waals surface area contributed by atoms with Crippen molar-refractivity contribution in [3.63, 3.8) is 0 Å². The summed E-state index contributed by atoms with van der Waals surface area (Å²) in [5.41, 5.74) is 1.16. The summed E-state index contributed by atoms with van der Waals surface area (Å²) in [6, 6.07) is 9.72. The highest BCUT2D eigenvalue weighted by atomic mass is 16.3. The number of urea groups is 1. The number of hydrogen-bond donors (Lipinski definition) is 2. The van der Waals surface area contributed by atoms with Gasteiger partial charge < -0.3 is 10.0 Å². The van der Waals surface area contributed by atoms with Gasteiger partial charge in [-0.3, -0.25) is 5.32 Å². The number of aromatic hydroxyl groups is 1. The molecule has 26 heavy (non-hydrogen) atoms. The van der Waals surface area contributed by atoms with Crippen molar-refractivity contribution in [1.82, 2.24) is 14.7 Å². The number of phenolic OH excluding ortho intramolecular Hbond substituents is 1. The fourth-order valence-corrected chi connectivity index (χ4v) is 4.24. The summed E-state index contributed by atoms with van der Waals surface area (Å²) in [5.74, 6) is 1.51. The van der Waals surface area contributed by atoms with Crippen LogP contribution in [0.2, 0.25) is 0 Å². The zero-order chi connectivity index (χ0) is 17.9. The molecule has 2 N–H and O–H groups in total. The van der Waals surface area contributed by atoms with Crippen molar-refractivity contribution in [3.8, 4) is 5.75 Å². The van der Waals surface area contributed by atoms with Crippen LogP contribution in [0.4, 0.5) is 10.6 Å². The molecule has 1 aromatic heterocycles.